The molecule has 0 amide bonds. The van der Waals surface area contributed by atoms with Crippen molar-refractivity contribution in [3.63, 3.8) is 0 Å². The van der Waals surface area contributed by atoms with E-state index in [1.807, 2.05) is 13.0 Å². The second kappa shape index (κ2) is 12.1. The Bertz CT molecular complexity index is 734. The van der Waals surface area contributed by atoms with Crippen LogP contribution in [0.3, 0.4) is 0 Å². The van der Waals surface area contributed by atoms with Gasteiger partial charge in [-0.25, -0.2) is 0 Å². The first-order chi connectivity index (χ1) is 13.5. The monoisotopic (exact) mass is 449 g/mol. The Hall–Kier alpha value is -1.56. The molecule has 2 aromatic carbocycles. The SMILES string of the molecule is CCOc1cc(CNCCCOC(C)C)cc(Br)c1OCc1cccc(C)c1. The number of nitrogens with one attached hydrogen (secondary N) is 1. The van der Waals surface area contributed by atoms with Gasteiger partial charge >= 0.3 is 0 Å². The summed E-state index contributed by atoms with van der Waals surface area (Å²) in [5.41, 5.74) is 3.53. The van der Waals surface area contributed by atoms with Crippen LogP contribution in [0.25, 0.3) is 0 Å². The van der Waals surface area contributed by atoms with Crippen molar-refractivity contribution in [3.05, 3.63) is 57.6 Å². The summed E-state index contributed by atoms with van der Waals surface area (Å²) in [6, 6.07) is 12.5. The van der Waals surface area contributed by atoms with E-state index in [1.165, 1.54) is 5.56 Å². The number of benzene rings is 2. The molecule has 0 aliphatic rings. The van der Waals surface area contributed by atoms with Crippen LogP contribution in [0, 0.1) is 6.92 Å². The molecule has 0 fully saturated rings. The van der Waals surface area contributed by atoms with Crippen molar-refractivity contribution in [1.29, 1.82) is 0 Å². The van der Waals surface area contributed by atoms with Gasteiger partial charge < -0.3 is 19.5 Å². The van der Waals surface area contributed by atoms with Crippen LogP contribution in [0.4, 0.5) is 0 Å². The molecule has 0 saturated heterocycles. The minimum absolute atomic E-state index is 0.289. The quantitative estimate of drug-likeness (QED) is 0.425. The molecule has 4 nitrogen and oxygen atoms in total. The van der Waals surface area contributed by atoms with Crippen LogP contribution in [0.2, 0.25) is 0 Å². The predicted molar refractivity (Wildman–Crippen MR) is 118 cm³/mol. The summed E-state index contributed by atoms with van der Waals surface area (Å²) in [6.45, 7) is 11.8. The molecule has 154 valence electrons. The molecular weight excluding hydrogens is 418 g/mol. The molecule has 2 aromatic rings. The minimum Gasteiger partial charge on any atom is -0.490 e. The Labute approximate surface area is 177 Å². The first kappa shape index (κ1) is 22.7. The summed E-state index contributed by atoms with van der Waals surface area (Å²) in [6.07, 6.45) is 1.28. The molecule has 28 heavy (non-hydrogen) atoms. The number of rotatable bonds is 12. The van der Waals surface area contributed by atoms with E-state index in [2.05, 4.69) is 72.3 Å². The van der Waals surface area contributed by atoms with Gasteiger partial charge in [0.2, 0.25) is 0 Å². The normalized spacial score (nSPS) is 11.1. The Morgan fingerprint density at radius 2 is 1.89 bits per heavy atom. The fourth-order valence-electron chi connectivity index (χ4n) is 2.83. The Kier molecular flexibility index (Phi) is 9.82. The highest BCUT2D eigenvalue weighted by molar-refractivity contribution is 9.10. The second-order valence-corrected chi connectivity index (χ2v) is 7.92. The molecule has 0 aliphatic heterocycles. The number of halogens is 1. The standard InChI is InChI=1S/C23H32BrNO3/c1-5-26-22-14-20(15-25-10-7-11-27-17(2)3)13-21(24)23(22)28-16-19-9-6-8-18(4)12-19/h6,8-9,12-14,17,25H,5,7,10-11,15-16H2,1-4H3. The zero-order valence-electron chi connectivity index (χ0n) is 17.4. The molecule has 0 unspecified atom stereocenters. The van der Waals surface area contributed by atoms with Gasteiger partial charge in [0.25, 0.3) is 0 Å². The molecule has 0 aliphatic carbocycles. The molecule has 0 spiro atoms. The van der Waals surface area contributed by atoms with Gasteiger partial charge in [-0.3, -0.25) is 0 Å². The Balaban J connectivity index is 1.96. The highest BCUT2D eigenvalue weighted by atomic mass is 79.9. The van der Waals surface area contributed by atoms with Crippen molar-refractivity contribution in [2.75, 3.05) is 19.8 Å². The van der Waals surface area contributed by atoms with E-state index in [-0.39, 0.29) is 6.10 Å². The van der Waals surface area contributed by atoms with Gasteiger partial charge in [0.15, 0.2) is 11.5 Å². The number of hydrogen-bond acceptors (Lipinski definition) is 4. The Morgan fingerprint density at radius 1 is 1.07 bits per heavy atom. The van der Waals surface area contributed by atoms with Crippen LogP contribution < -0.4 is 14.8 Å². The van der Waals surface area contributed by atoms with Gasteiger partial charge in [-0.15, -0.1) is 0 Å². The van der Waals surface area contributed by atoms with Gasteiger partial charge in [0.1, 0.15) is 6.61 Å². The molecule has 0 bridgehead atoms. The van der Waals surface area contributed by atoms with E-state index >= 15 is 0 Å². The molecule has 0 heterocycles. The highest BCUT2D eigenvalue weighted by Gasteiger charge is 2.13. The van der Waals surface area contributed by atoms with E-state index in [0.29, 0.717) is 13.2 Å². The van der Waals surface area contributed by atoms with Gasteiger partial charge in [-0.2, -0.15) is 0 Å². The first-order valence-corrected chi connectivity index (χ1v) is 10.7. The molecular formula is C23H32BrNO3. The van der Waals surface area contributed by atoms with Crippen LogP contribution in [0.1, 0.15) is 43.9 Å². The molecule has 5 heteroatoms. The average molecular weight is 450 g/mol. The van der Waals surface area contributed by atoms with Crippen molar-refractivity contribution in [2.24, 2.45) is 0 Å². The van der Waals surface area contributed by atoms with Gasteiger partial charge in [-0.05, 0) is 79.9 Å². The smallest absolute Gasteiger partial charge is 0.175 e. The first-order valence-electron chi connectivity index (χ1n) is 9.95. The van der Waals surface area contributed by atoms with Crippen molar-refractivity contribution >= 4 is 15.9 Å². The lowest BCUT2D eigenvalue weighted by atomic mass is 10.1. The predicted octanol–water partition coefficient (Wildman–Crippen LogP) is 5.64. The average Bonchev–Trinajstić information content (AvgIpc) is 2.64. The summed E-state index contributed by atoms with van der Waals surface area (Å²) in [5, 5.41) is 3.46. The summed E-state index contributed by atoms with van der Waals surface area (Å²) in [5.74, 6) is 1.52. The summed E-state index contributed by atoms with van der Waals surface area (Å²) >= 11 is 3.65. The van der Waals surface area contributed by atoms with Crippen molar-refractivity contribution in [3.8, 4) is 11.5 Å². The van der Waals surface area contributed by atoms with E-state index < -0.39 is 0 Å². The zero-order chi connectivity index (χ0) is 20.4. The highest BCUT2D eigenvalue weighted by Crippen LogP contribution is 2.37. The van der Waals surface area contributed by atoms with E-state index in [0.717, 1.165) is 53.2 Å². The Morgan fingerprint density at radius 3 is 2.61 bits per heavy atom. The van der Waals surface area contributed by atoms with Crippen LogP contribution in [0.5, 0.6) is 11.5 Å². The molecule has 0 radical (unpaired) electrons. The topological polar surface area (TPSA) is 39.7 Å². The minimum atomic E-state index is 0.289. The molecule has 2 rings (SSSR count). The fraction of sp³-hybridized carbons (Fsp3) is 0.478. The molecule has 1 N–H and O–H groups in total. The van der Waals surface area contributed by atoms with E-state index in [4.69, 9.17) is 14.2 Å². The largest absolute Gasteiger partial charge is 0.490 e. The lowest BCUT2D eigenvalue weighted by molar-refractivity contribution is 0.0770. The summed E-state index contributed by atoms with van der Waals surface area (Å²) < 4.78 is 18.4. The number of ether oxygens (including phenoxy) is 3. The maximum absolute atomic E-state index is 6.09. The summed E-state index contributed by atoms with van der Waals surface area (Å²) in [4.78, 5) is 0. The third-order valence-electron chi connectivity index (χ3n) is 4.11. The maximum atomic E-state index is 6.09. The zero-order valence-corrected chi connectivity index (χ0v) is 19.0. The third kappa shape index (κ3) is 7.82. The van der Waals surface area contributed by atoms with Crippen LogP contribution in [-0.2, 0) is 17.9 Å². The lowest BCUT2D eigenvalue weighted by Gasteiger charge is -2.16. The van der Waals surface area contributed by atoms with Gasteiger partial charge in [-0.1, -0.05) is 29.8 Å². The van der Waals surface area contributed by atoms with E-state index in [1.54, 1.807) is 0 Å². The van der Waals surface area contributed by atoms with Crippen molar-refractivity contribution in [2.45, 2.75) is 53.4 Å². The molecule has 0 aromatic heterocycles. The fourth-order valence-corrected chi connectivity index (χ4v) is 3.44. The maximum Gasteiger partial charge on any atom is 0.175 e. The number of aryl methyl sites for hydroxylation is 1. The van der Waals surface area contributed by atoms with Crippen molar-refractivity contribution in [1.82, 2.24) is 5.32 Å². The van der Waals surface area contributed by atoms with Gasteiger partial charge in [0, 0.05) is 13.2 Å². The van der Waals surface area contributed by atoms with Crippen molar-refractivity contribution < 1.29 is 14.2 Å². The van der Waals surface area contributed by atoms with Crippen LogP contribution in [0.15, 0.2) is 40.9 Å². The lowest BCUT2D eigenvalue weighted by Crippen LogP contribution is -2.17. The number of hydrogen-bond donors (Lipinski definition) is 1. The molecule has 0 atom stereocenters. The van der Waals surface area contributed by atoms with Crippen LogP contribution in [-0.4, -0.2) is 25.9 Å². The summed E-state index contributed by atoms with van der Waals surface area (Å²) in [7, 11) is 0. The van der Waals surface area contributed by atoms with Gasteiger partial charge in [0.05, 0.1) is 17.2 Å². The van der Waals surface area contributed by atoms with Crippen LogP contribution >= 0.6 is 15.9 Å². The third-order valence-corrected chi connectivity index (χ3v) is 4.70. The van der Waals surface area contributed by atoms with E-state index in [9.17, 15) is 0 Å². The molecule has 0 saturated carbocycles. The second-order valence-electron chi connectivity index (χ2n) is 7.07.